The van der Waals surface area contributed by atoms with Crippen molar-refractivity contribution in [1.29, 1.82) is 0 Å². The second kappa shape index (κ2) is 8.89. The van der Waals surface area contributed by atoms with Crippen LogP contribution in [0.2, 0.25) is 0 Å². The van der Waals surface area contributed by atoms with Crippen LogP contribution in [-0.2, 0) is 10.9 Å². The number of pyridine rings is 1. The van der Waals surface area contributed by atoms with Crippen molar-refractivity contribution in [3.05, 3.63) is 47.4 Å². The first-order valence-corrected chi connectivity index (χ1v) is 10.6. The first kappa shape index (κ1) is 22.8. The lowest BCUT2D eigenvalue weighted by Crippen LogP contribution is -2.39. The minimum atomic E-state index is -4.51. The molecule has 1 aliphatic heterocycles. The van der Waals surface area contributed by atoms with E-state index in [1.54, 1.807) is 6.20 Å². The number of rotatable bonds is 6. The molecule has 0 aromatic carbocycles. The van der Waals surface area contributed by atoms with Gasteiger partial charge in [-0.2, -0.15) is 18.2 Å². The van der Waals surface area contributed by atoms with Crippen molar-refractivity contribution in [1.82, 2.24) is 19.9 Å². The fourth-order valence-corrected chi connectivity index (χ4v) is 4.07. The Kier molecular flexibility index (Phi) is 6.15. The Hall–Kier alpha value is -3.35. The highest BCUT2D eigenvalue weighted by Crippen LogP contribution is 2.32. The largest absolute Gasteiger partial charge is 0.447 e. The number of nitrogens with one attached hydrogen (secondary N) is 1. The maximum atomic E-state index is 13.9. The number of anilines is 2. The molecule has 0 aliphatic carbocycles. The molecule has 1 amide bonds. The molecule has 3 aromatic rings. The maximum Gasteiger partial charge on any atom is 0.433 e. The summed E-state index contributed by atoms with van der Waals surface area (Å²) in [6, 6.07) is 2.63. The Morgan fingerprint density at radius 2 is 1.97 bits per heavy atom. The number of carbonyl (C=O) groups is 1. The lowest BCUT2D eigenvalue weighted by molar-refractivity contribution is -0.141. The highest BCUT2D eigenvalue weighted by atomic mass is 32.1. The van der Waals surface area contributed by atoms with E-state index in [0.29, 0.717) is 10.6 Å². The minimum absolute atomic E-state index is 0.0673. The average molecular weight is 482 g/mol. The van der Waals surface area contributed by atoms with Gasteiger partial charge in [0.15, 0.2) is 0 Å². The number of carbonyl (C=O) groups excluding carboxylic acids is 1. The predicted octanol–water partition coefficient (Wildman–Crippen LogP) is 4.87. The summed E-state index contributed by atoms with van der Waals surface area (Å²) in [5.74, 6) is 0.411. The monoisotopic (exact) mass is 482 g/mol. The molecule has 1 fully saturated rings. The summed E-state index contributed by atoms with van der Waals surface area (Å²) in [5.41, 5.74) is -0.509. The van der Waals surface area contributed by atoms with Gasteiger partial charge in [0.1, 0.15) is 35.3 Å². The number of thiazole rings is 1. The van der Waals surface area contributed by atoms with E-state index in [1.807, 2.05) is 6.92 Å². The molecule has 1 aliphatic rings. The van der Waals surface area contributed by atoms with Crippen LogP contribution in [0.5, 0.6) is 0 Å². The topological polar surface area (TPSA) is 93.1 Å². The number of halogens is 4. The highest BCUT2D eigenvalue weighted by Gasteiger charge is 2.39. The normalized spacial score (nSPS) is 18.2. The average Bonchev–Trinajstić information content (AvgIpc) is 3.41. The maximum absolute atomic E-state index is 13.9. The summed E-state index contributed by atoms with van der Waals surface area (Å²) >= 11 is 1.28. The Balaban J connectivity index is 1.48. The van der Waals surface area contributed by atoms with Crippen molar-refractivity contribution in [3.63, 3.8) is 0 Å². The molecule has 0 bridgehead atoms. The van der Waals surface area contributed by atoms with Crippen molar-refractivity contribution in [3.8, 4) is 10.6 Å². The summed E-state index contributed by atoms with van der Waals surface area (Å²) in [5, 5.41) is 3.59. The molecule has 33 heavy (non-hydrogen) atoms. The van der Waals surface area contributed by atoms with Gasteiger partial charge in [0.05, 0.1) is 6.04 Å². The molecule has 0 unspecified atom stereocenters. The van der Waals surface area contributed by atoms with E-state index >= 15 is 0 Å². The van der Waals surface area contributed by atoms with Crippen LogP contribution >= 0.6 is 11.3 Å². The third kappa shape index (κ3) is 4.87. The Morgan fingerprint density at radius 1 is 1.18 bits per heavy atom. The number of hydrogen-bond donors (Lipinski definition) is 1. The van der Waals surface area contributed by atoms with Crippen molar-refractivity contribution >= 4 is 29.2 Å². The number of ether oxygens (including phenoxy) is 1. The van der Waals surface area contributed by atoms with Crippen LogP contribution < -0.4 is 10.2 Å². The van der Waals surface area contributed by atoms with E-state index in [-0.39, 0.29) is 24.4 Å². The fourth-order valence-electron chi connectivity index (χ4n) is 3.16. The summed E-state index contributed by atoms with van der Waals surface area (Å²) < 4.78 is 56.9. The molecule has 1 N–H and O–H groups in total. The van der Waals surface area contributed by atoms with Gasteiger partial charge in [-0.05, 0) is 32.0 Å². The first-order valence-electron chi connectivity index (χ1n) is 9.82. The molecule has 0 saturated carbocycles. The third-order valence-corrected chi connectivity index (χ3v) is 6.15. The molecule has 0 radical (unpaired) electrons. The zero-order valence-corrected chi connectivity index (χ0v) is 18.2. The van der Waals surface area contributed by atoms with Gasteiger partial charge in [0.2, 0.25) is 5.95 Å². The fraction of sp³-hybridized carbons (Fsp3) is 0.350. The smallest absolute Gasteiger partial charge is 0.433 e. The van der Waals surface area contributed by atoms with E-state index in [9.17, 15) is 22.4 Å². The van der Waals surface area contributed by atoms with Crippen LogP contribution in [0.3, 0.4) is 0 Å². The van der Waals surface area contributed by atoms with Gasteiger partial charge in [-0.15, -0.1) is 11.3 Å². The Labute approximate surface area is 189 Å². The molecule has 0 spiro atoms. The number of nitrogens with zero attached hydrogens (tertiary/aromatic N) is 5. The van der Waals surface area contributed by atoms with Gasteiger partial charge in [-0.3, -0.25) is 9.88 Å². The van der Waals surface area contributed by atoms with Crippen LogP contribution in [0.1, 0.15) is 30.5 Å². The van der Waals surface area contributed by atoms with Crippen molar-refractivity contribution in [2.75, 3.05) is 16.8 Å². The molecular formula is C20H18F4N6O2S. The molecule has 8 nitrogen and oxygen atoms in total. The number of cyclic esters (lactones) is 1. The van der Waals surface area contributed by atoms with Crippen molar-refractivity contribution < 1.29 is 27.1 Å². The zero-order chi connectivity index (χ0) is 23.8. The third-order valence-electron chi connectivity index (χ3n) is 4.92. The lowest BCUT2D eigenvalue weighted by atomic mass is 10.2. The predicted molar refractivity (Wildman–Crippen MR) is 113 cm³/mol. The number of hydrogen-bond acceptors (Lipinski definition) is 8. The highest BCUT2D eigenvalue weighted by molar-refractivity contribution is 7.15. The SMILES string of the molecule is C[C@H](Nc1nccc(N2C(=O)OC[C@@H]2[C@@H](C)F)n1)c1cnc(-c2ccc(C(F)(F)F)nc2)s1. The van der Waals surface area contributed by atoms with Crippen LogP contribution in [0.15, 0.2) is 36.8 Å². The Morgan fingerprint density at radius 3 is 2.64 bits per heavy atom. The summed E-state index contributed by atoms with van der Waals surface area (Å²) in [6.07, 6.45) is -2.33. The molecule has 3 aromatic heterocycles. The van der Waals surface area contributed by atoms with E-state index < -0.39 is 30.2 Å². The van der Waals surface area contributed by atoms with E-state index in [4.69, 9.17) is 4.74 Å². The van der Waals surface area contributed by atoms with Gasteiger partial charge in [0, 0.05) is 29.0 Å². The lowest BCUT2D eigenvalue weighted by Gasteiger charge is -2.22. The van der Waals surface area contributed by atoms with Crippen molar-refractivity contribution in [2.45, 2.75) is 38.3 Å². The molecular weight excluding hydrogens is 464 g/mol. The molecule has 3 atom stereocenters. The number of aromatic nitrogens is 4. The second-order valence-electron chi connectivity index (χ2n) is 7.29. The second-order valence-corrected chi connectivity index (χ2v) is 8.36. The van der Waals surface area contributed by atoms with Gasteiger partial charge >= 0.3 is 12.3 Å². The van der Waals surface area contributed by atoms with Crippen LogP contribution in [0, 0.1) is 0 Å². The standard InChI is InChI=1S/C20H18F4N6O2S/c1-10(21)13-9-32-19(31)30(13)16-5-6-25-18(29-16)28-11(2)14-8-27-17(33-14)12-3-4-15(26-7-12)20(22,23)24/h3-8,10-11,13H,9H2,1-2H3,(H,25,28,29)/t10-,11+,13-/m1/s1. The van der Waals surface area contributed by atoms with E-state index in [2.05, 4.69) is 25.3 Å². The zero-order valence-electron chi connectivity index (χ0n) is 17.4. The minimum Gasteiger partial charge on any atom is -0.447 e. The number of amides is 1. The summed E-state index contributed by atoms with van der Waals surface area (Å²) in [7, 11) is 0. The van der Waals surface area contributed by atoms with E-state index in [0.717, 1.165) is 22.0 Å². The van der Waals surface area contributed by atoms with E-state index in [1.165, 1.54) is 36.6 Å². The Bertz CT molecular complexity index is 1140. The molecule has 13 heteroatoms. The summed E-state index contributed by atoms with van der Waals surface area (Å²) in [4.78, 5) is 30.1. The van der Waals surface area contributed by atoms with Gasteiger partial charge < -0.3 is 10.1 Å². The quantitative estimate of drug-likeness (QED) is 0.501. The van der Waals surface area contributed by atoms with Crippen LogP contribution in [0.4, 0.5) is 34.1 Å². The van der Waals surface area contributed by atoms with Crippen LogP contribution in [0.25, 0.3) is 10.6 Å². The van der Waals surface area contributed by atoms with Gasteiger partial charge in [-0.1, -0.05) is 0 Å². The van der Waals surface area contributed by atoms with Gasteiger partial charge in [-0.25, -0.2) is 19.2 Å². The van der Waals surface area contributed by atoms with Gasteiger partial charge in [0.25, 0.3) is 0 Å². The molecule has 4 heterocycles. The first-order chi connectivity index (χ1) is 15.6. The van der Waals surface area contributed by atoms with Crippen molar-refractivity contribution in [2.24, 2.45) is 0 Å². The van der Waals surface area contributed by atoms with Crippen LogP contribution in [-0.4, -0.2) is 44.8 Å². The molecule has 1 saturated heterocycles. The molecule has 4 rings (SSSR count). The number of alkyl halides is 4. The summed E-state index contributed by atoms with van der Waals surface area (Å²) in [6.45, 7) is 3.10. The molecule has 174 valence electrons.